The van der Waals surface area contributed by atoms with Crippen LogP contribution in [0, 0.1) is 0 Å². The van der Waals surface area contributed by atoms with Crippen LogP contribution < -0.4 is 33.2 Å². The lowest BCUT2D eigenvalue weighted by Crippen LogP contribution is -2.58. The topological polar surface area (TPSA) is 231 Å². The molecule has 1 aromatic heterocycles. The van der Waals surface area contributed by atoms with E-state index >= 15 is 0 Å². The molecular weight excluding hydrogens is 556 g/mol. The minimum Gasteiger partial charge on any atom is -0.480 e. The van der Waals surface area contributed by atoms with Gasteiger partial charge in [-0.1, -0.05) is 18.2 Å². The summed E-state index contributed by atoms with van der Waals surface area (Å²) in [6, 6.07) is 3.23. The van der Waals surface area contributed by atoms with Gasteiger partial charge in [-0.05, 0) is 42.9 Å². The summed E-state index contributed by atoms with van der Waals surface area (Å²) in [5, 5.41) is 18.1. The van der Waals surface area contributed by atoms with Gasteiger partial charge in [0.1, 0.15) is 18.1 Å². The fraction of sp³-hybridized carbons (Fsp3) is 0.480. The number of carboxylic acids is 1. The van der Waals surface area contributed by atoms with Crippen molar-refractivity contribution in [2.24, 2.45) is 22.2 Å². The van der Waals surface area contributed by atoms with Crippen LogP contribution in [-0.2, 0) is 25.6 Å². The highest BCUT2D eigenvalue weighted by Crippen LogP contribution is 2.19. The molecule has 3 amide bonds. The number of aromatic nitrogens is 1. The number of aliphatic carboxylic acids is 1. The number of benzene rings is 1. The Morgan fingerprint density at radius 2 is 1.68 bits per heavy atom. The molecule has 2 aromatic rings. The maximum absolute atomic E-state index is 13.4. The van der Waals surface area contributed by atoms with E-state index in [1.54, 1.807) is 6.20 Å². The Morgan fingerprint density at radius 3 is 2.33 bits per heavy atom. The molecule has 1 aromatic carbocycles. The Hall–Kier alpha value is -3.43. The van der Waals surface area contributed by atoms with Gasteiger partial charge >= 0.3 is 5.97 Å². The van der Waals surface area contributed by atoms with Crippen molar-refractivity contribution in [2.45, 2.75) is 49.9 Å². The molecule has 220 valence electrons. The highest BCUT2D eigenvalue weighted by atomic mass is 32.2. The third-order valence-corrected chi connectivity index (χ3v) is 7.09. The summed E-state index contributed by atoms with van der Waals surface area (Å²) in [6.07, 6.45) is 4.73. The number of carbonyl (C=O) groups excluding carboxylic acids is 3. The van der Waals surface area contributed by atoms with Crippen LogP contribution in [0.2, 0.25) is 0 Å². The van der Waals surface area contributed by atoms with E-state index in [0.717, 1.165) is 16.5 Å². The fourth-order valence-electron chi connectivity index (χ4n) is 3.89. The molecule has 1 heterocycles. The Kier molecular flexibility index (Phi) is 13.6. The lowest BCUT2D eigenvalue weighted by atomic mass is 10.0. The number of guanidine groups is 1. The van der Waals surface area contributed by atoms with Gasteiger partial charge in [0.15, 0.2) is 5.96 Å². The molecule has 0 fully saturated rings. The first kappa shape index (κ1) is 32.8. The van der Waals surface area contributed by atoms with Crippen molar-refractivity contribution >= 4 is 64.9 Å². The van der Waals surface area contributed by atoms with E-state index < -0.39 is 47.9 Å². The number of hydrogen-bond donors (Lipinski definition) is 9. The first-order chi connectivity index (χ1) is 19.1. The summed E-state index contributed by atoms with van der Waals surface area (Å²) in [4.78, 5) is 57.9. The summed E-state index contributed by atoms with van der Waals surface area (Å²) in [5.74, 6) is -2.69. The number of thioether (sulfide) groups is 1. The van der Waals surface area contributed by atoms with E-state index in [9.17, 15) is 24.3 Å². The Morgan fingerprint density at radius 1 is 1.02 bits per heavy atom. The number of aromatic amines is 1. The number of carboxylic acid groups (broad SMARTS) is 1. The fourth-order valence-corrected chi connectivity index (χ4v) is 4.61. The van der Waals surface area contributed by atoms with Crippen molar-refractivity contribution in [1.29, 1.82) is 0 Å². The standard InChI is InChI=1S/C25H38N8O5S2/c1-40-10-8-18(31-21(34)16(26)6-4-9-29-25(27)28)22(35)32-19(23(36)33-20(13-39)24(37)38)11-14-12-30-17-7-3-2-5-15(14)17/h2-3,5,7,12,16,18-20,30,39H,4,6,8-11,13,26H2,1H3,(H,31,34)(H,32,35)(H,33,36)(H,37,38)(H4,27,28,29). The number of nitrogens with two attached hydrogens (primary N) is 3. The Bertz CT molecular complexity index is 1190. The number of para-hydroxylation sites is 1. The average Bonchev–Trinajstić information content (AvgIpc) is 3.33. The number of amides is 3. The van der Waals surface area contributed by atoms with Crippen LogP contribution in [0.1, 0.15) is 24.8 Å². The second-order valence-electron chi connectivity index (χ2n) is 9.10. The van der Waals surface area contributed by atoms with Crippen LogP contribution in [-0.4, -0.2) is 88.2 Å². The van der Waals surface area contributed by atoms with E-state index in [4.69, 9.17) is 17.2 Å². The zero-order valence-corrected chi connectivity index (χ0v) is 24.0. The minimum atomic E-state index is -1.25. The van der Waals surface area contributed by atoms with Gasteiger partial charge in [0, 0.05) is 35.8 Å². The summed E-state index contributed by atoms with van der Waals surface area (Å²) in [5.41, 5.74) is 18.2. The van der Waals surface area contributed by atoms with Gasteiger partial charge in [-0.3, -0.25) is 19.4 Å². The molecule has 0 aliphatic rings. The maximum atomic E-state index is 13.4. The van der Waals surface area contributed by atoms with Crippen LogP contribution in [0.5, 0.6) is 0 Å². The zero-order chi connectivity index (χ0) is 29.7. The van der Waals surface area contributed by atoms with E-state index in [1.807, 2.05) is 30.5 Å². The van der Waals surface area contributed by atoms with Gasteiger partial charge in [-0.2, -0.15) is 24.4 Å². The number of hydrogen-bond acceptors (Lipinski definition) is 8. The number of fused-ring (bicyclic) bond motifs is 1. The quantitative estimate of drug-likeness (QED) is 0.0488. The molecule has 0 saturated heterocycles. The number of thiol groups is 1. The molecule has 0 bridgehead atoms. The van der Waals surface area contributed by atoms with E-state index in [0.29, 0.717) is 25.1 Å². The molecule has 0 aliphatic heterocycles. The van der Waals surface area contributed by atoms with Gasteiger partial charge in [0.25, 0.3) is 0 Å². The predicted molar refractivity (Wildman–Crippen MR) is 160 cm³/mol. The lowest BCUT2D eigenvalue weighted by molar-refractivity contribution is -0.141. The third kappa shape index (κ3) is 10.3. The number of rotatable bonds is 17. The van der Waals surface area contributed by atoms with Crippen molar-refractivity contribution < 1.29 is 24.3 Å². The summed E-state index contributed by atoms with van der Waals surface area (Å²) in [7, 11) is 0. The zero-order valence-electron chi connectivity index (χ0n) is 22.3. The molecule has 11 N–H and O–H groups in total. The molecular formula is C25H38N8O5S2. The van der Waals surface area contributed by atoms with Crippen molar-refractivity contribution in [3.63, 3.8) is 0 Å². The molecule has 0 aliphatic carbocycles. The Balaban J connectivity index is 2.20. The third-order valence-electron chi connectivity index (χ3n) is 6.08. The van der Waals surface area contributed by atoms with Crippen LogP contribution in [0.15, 0.2) is 35.5 Å². The highest BCUT2D eigenvalue weighted by Gasteiger charge is 2.30. The number of H-pyrrole nitrogens is 1. The average molecular weight is 595 g/mol. The minimum absolute atomic E-state index is 0.0536. The number of nitrogens with zero attached hydrogens (tertiary/aromatic N) is 1. The molecule has 4 atom stereocenters. The van der Waals surface area contributed by atoms with Gasteiger partial charge in [0.05, 0.1) is 6.04 Å². The first-order valence-corrected chi connectivity index (χ1v) is 14.7. The van der Waals surface area contributed by atoms with Crippen molar-refractivity contribution in [3.8, 4) is 0 Å². The molecule has 0 radical (unpaired) electrons. The smallest absolute Gasteiger partial charge is 0.327 e. The SMILES string of the molecule is CSCCC(NC(=O)C(N)CCCN=C(N)N)C(=O)NC(Cc1c[nH]c2ccccc12)C(=O)NC(CS)C(=O)O. The molecule has 15 heteroatoms. The normalized spacial score (nSPS) is 14.0. The largest absolute Gasteiger partial charge is 0.480 e. The first-order valence-electron chi connectivity index (χ1n) is 12.7. The van der Waals surface area contributed by atoms with E-state index in [-0.39, 0.29) is 24.6 Å². The monoisotopic (exact) mass is 594 g/mol. The predicted octanol–water partition coefficient (Wildman–Crippen LogP) is -0.687. The summed E-state index contributed by atoms with van der Waals surface area (Å²) < 4.78 is 0. The van der Waals surface area contributed by atoms with Crippen LogP contribution in [0.3, 0.4) is 0 Å². The summed E-state index contributed by atoms with van der Waals surface area (Å²) >= 11 is 5.49. The second-order valence-corrected chi connectivity index (χ2v) is 10.5. The number of nitrogens with one attached hydrogen (secondary N) is 4. The van der Waals surface area contributed by atoms with Crippen molar-refractivity contribution in [2.75, 3.05) is 24.3 Å². The molecule has 40 heavy (non-hydrogen) atoms. The van der Waals surface area contributed by atoms with Gasteiger partial charge in [0.2, 0.25) is 17.7 Å². The molecule has 13 nitrogen and oxygen atoms in total. The lowest BCUT2D eigenvalue weighted by Gasteiger charge is -2.25. The maximum Gasteiger partial charge on any atom is 0.327 e. The molecule has 2 rings (SSSR count). The van der Waals surface area contributed by atoms with Gasteiger partial charge < -0.3 is 43.2 Å². The van der Waals surface area contributed by atoms with Gasteiger partial charge in [-0.25, -0.2) is 4.79 Å². The highest BCUT2D eigenvalue weighted by molar-refractivity contribution is 7.98. The molecule has 0 saturated carbocycles. The van der Waals surface area contributed by atoms with Crippen LogP contribution in [0.4, 0.5) is 0 Å². The summed E-state index contributed by atoms with van der Waals surface area (Å²) in [6.45, 7) is 0.313. The van der Waals surface area contributed by atoms with Crippen molar-refractivity contribution in [1.82, 2.24) is 20.9 Å². The second kappa shape index (κ2) is 16.6. The van der Waals surface area contributed by atoms with Crippen LogP contribution >= 0.6 is 24.4 Å². The van der Waals surface area contributed by atoms with E-state index in [1.165, 1.54) is 11.8 Å². The Labute approximate surface area is 242 Å². The molecule has 4 unspecified atom stereocenters. The number of carbonyl (C=O) groups is 4. The number of aliphatic imine (C=N–C) groups is 1. The van der Waals surface area contributed by atoms with E-state index in [2.05, 4.69) is 38.6 Å². The van der Waals surface area contributed by atoms with Crippen LogP contribution in [0.25, 0.3) is 10.9 Å². The molecule has 0 spiro atoms. The van der Waals surface area contributed by atoms with Gasteiger partial charge in [-0.15, -0.1) is 0 Å². The van der Waals surface area contributed by atoms with Crippen molar-refractivity contribution in [3.05, 3.63) is 36.0 Å².